The molecular formula is C23H19Cl2N7. The summed E-state index contributed by atoms with van der Waals surface area (Å²) in [6, 6.07) is 22.2. The van der Waals surface area contributed by atoms with E-state index in [0.717, 1.165) is 22.5 Å². The van der Waals surface area contributed by atoms with Crippen molar-refractivity contribution < 1.29 is 0 Å². The summed E-state index contributed by atoms with van der Waals surface area (Å²) in [5, 5.41) is 18.3. The van der Waals surface area contributed by atoms with Crippen molar-refractivity contribution in [2.75, 3.05) is 0 Å². The van der Waals surface area contributed by atoms with Crippen LogP contribution in [0.1, 0.15) is 22.5 Å². The molecule has 4 aromatic rings. The third kappa shape index (κ3) is 5.26. The van der Waals surface area contributed by atoms with Crippen molar-refractivity contribution in [2.24, 2.45) is 10.2 Å². The van der Waals surface area contributed by atoms with Gasteiger partial charge in [0.05, 0.1) is 11.4 Å². The molecule has 5 N–H and O–H groups in total. The van der Waals surface area contributed by atoms with Crippen molar-refractivity contribution in [3.63, 3.8) is 0 Å². The topological polar surface area (TPSA) is 104 Å². The van der Waals surface area contributed by atoms with Crippen LogP contribution in [0.5, 0.6) is 0 Å². The molecule has 0 fully saturated rings. The highest BCUT2D eigenvalue weighted by molar-refractivity contribution is 6.31. The van der Waals surface area contributed by atoms with E-state index >= 15 is 0 Å². The van der Waals surface area contributed by atoms with Crippen molar-refractivity contribution >= 4 is 40.6 Å². The fourth-order valence-electron chi connectivity index (χ4n) is 2.98. The number of guanidine groups is 1. The molecule has 0 saturated carbocycles. The highest BCUT2D eigenvalue weighted by Crippen LogP contribution is 2.15. The van der Waals surface area contributed by atoms with Crippen LogP contribution in [0, 0.1) is 5.41 Å². The van der Waals surface area contributed by atoms with E-state index in [0.29, 0.717) is 21.5 Å². The summed E-state index contributed by atoms with van der Waals surface area (Å²) in [6.45, 7) is 0. The molecule has 0 atom stereocenters. The SMILES string of the molecule is N=C(NN=C(c1ccc(Cl)cc1)c1ccc[nH]1)NN=C(c1ccc(Cl)cc1)c1ccc[nH]1. The lowest BCUT2D eigenvalue weighted by atomic mass is 10.1. The maximum absolute atomic E-state index is 8.22. The fraction of sp³-hybridized carbons (Fsp3) is 0. The molecule has 7 nitrogen and oxygen atoms in total. The molecule has 0 spiro atoms. The second-order valence-corrected chi connectivity index (χ2v) is 7.57. The molecule has 0 aliphatic rings. The summed E-state index contributed by atoms with van der Waals surface area (Å²) in [5.74, 6) is -0.0963. The first-order chi connectivity index (χ1) is 15.6. The number of aromatic nitrogens is 2. The minimum atomic E-state index is -0.0963. The van der Waals surface area contributed by atoms with Crippen LogP contribution >= 0.6 is 23.2 Å². The zero-order valence-corrected chi connectivity index (χ0v) is 18.2. The van der Waals surface area contributed by atoms with Gasteiger partial charge >= 0.3 is 0 Å². The maximum Gasteiger partial charge on any atom is 0.230 e. The van der Waals surface area contributed by atoms with E-state index in [2.05, 4.69) is 31.0 Å². The number of halogens is 2. The molecule has 0 aliphatic heterocycles. The first-order valence-corrected chi connectivity index (χ1v) is 10.4. The Bertz CT molecular complexity index is 1130. The Morgan fingerprint density at radius 3 is 1.41 bits per heavy atom. The zero-order valence-electron chi connectivity index (χ0n) is 16.7. The highest BCUT2D eigenvalue weighted by atomic mass is 35.5. The Kier molecular flexibility index (Phi) is 6.69. The van der Waals surface area contributed by atoms with Crippen LogP contribution in [0.4, 0.5) is 0 Å². The van der Waals surface area contributed by atoms with Crippen LogP contribution in [-0.4, -0.2) is 27.4 Å². The van der Waals surface area contributed by atoms with Gasteiger partial charge in [0.25, 0.3) is 0 Å². The van der Waals surface area contributed by atoms with Crippen LogP contribution in [-0.2, 0) is 0 Å². The molecular weight excluding hydrogens is 445 g/mol. The summed E-state index contributed by atoms with van der Waals surface area (Å²) >= 11 is 12.0. The number of nitrogens with one attached hydrogen (secondary N) is 5. The van der Waals surface area contributed by atoms with E-state index in [9.17, 15) is 0 Å². The molecule has 4 rings (SSSR count). The average Bonchev–Trinajstić information content (AvgIpc) is 3.51. The van der Waals surface area contributed by atoms with Crippen LogP contribution in [0.25, 0.3) is 0 Å². The number of benzene rings is 2. The quantitative estimate of drug-likeness (QED) is 0.158. The van der Waals surface area contributed by atoms with Crippen molar-refractivity contribution in [1.29, 1.82) is 5.41 Å². The number of H-pyrrole nitrogens is 2. The second-order valence-electron chi connectivity index (χ2n) is 6.70. The van der Waals surface area contributed by atoms with Crippen molar-refractivity contribution in [1.82, 2.24) is 20.8 Å². The zero-order chi connectivity index (χ0) is 22.3. The van der Waals surface area contributed by atoms with Gasteiger partial charge in [-0.3, -0.25) is 5.41 Å². The Hall–Kier alpha value is -3.81. The predicted molar refractivity (Wildman–Crippen MR) is 130 cm³/mol. The summed E-state index contributed by atoms with van der Waals surface area (Å²) in [6.07, 6.45) is 3.62. The smallest absolute Gasteiger partial charge is 0.230 e. The molecule has 9 heteroatoms. The first kappa shape index (κ1) is 21.4. The van der Waals surface area contributed by atoms with Gasteiger partial charge in [-0.25, -0.2) is 10.9 Å². The molecule has 0 aliphatic carbocycles. The molecule has 0 saturated heterocycles. The Balaban J connectivity index is 1.55. The number of hydrogen-bond donors (Lipinski definition) is 5. The van der Waals surface area contributed by atoms with E-state index in [4.69, 9.17) is 28.6 Å². The van der Waals surface area contributed by atoms with Crippen molar-refractivity contribution in [2.45, 2.75) is 0 Å². The number of nitrogens with zero attached hydrogens (tertiary/aromatic N) is 2. The van der Waals surface area contributed by atoms with Crippen LogP contribution in [0.15, 0.2) is 95.4 Å². The summed E-state index contributed by atoms with van der Waals surface area (Å²) < 4.78 is 0. The average molecular weight is 464 g/mol. The molecule has 2 aromatic carbocycles. The van der Waals surface area contributed by atoms with Gasteiger partial charge in [-0.2, -0.15) is 10.2 Å². The van der Waals surface area contributed by atoms with E-state index in [1.807, 2.05) is 60.9 Å². The maximum atomic E-state index is 8.22. The predicted octanol–water partition coefficient (Wildman–Crippen LogP) is 4.97. The van der Waals surface area contributed by atoms with E-state index in [1.165, 1.54) is 0 Å². The van der Waals surface area contributed by atoms with Gasteiger partial charge in [0.15, 0.2) is 0 Å². The summed E-state index contributed by atoms with van der Waals surface area (Å²) in [7, 11) is 0. The van der Waals surface area contributed by atoms with Crippen molar-refractivity contribution in [3.8, 4) is 0 Å². The van der Waals surface area contributed by atoms with Gasteiger partial charge < -0.3 is 9.97 Å². The number of rotatable bonds is 6. The van der Waals surface area contributed by atoms with E-state index in [-0.39, 0.29) is 5.96 Å². The molecule has 0 bridgehead atoms. The largest absolute Gasteiger partial charge is 0.360 e. The van der Waals surface area contributed by atoms with Gasteiger partial charge in [0.1, 0.15) is 11.4 Å². The third-order valence-electron chi connectivity index (χ3n) is 4.50. The van der Waals surface area contributed by atoms with Gasteiger partial charge in [-0.1, -0.05) is 47.5 Å². The molecule has 0 radical (unpaired) electrons. The van der Waals surface area contributed by atoms with Crippen LogP contribution in [0.2, 0.25) is 10.0 Å². The van der Waals surface area contributed by atoms with Crippen molar-refractivity contribution in [3.05, 3.63) is 118 Å². The second kappa shape index (κ2) is 10.00. The molecule has 2 aromatic heterocycles. The van der Waals surface area contributed by atoms with Gasteiger partial charge in [0.2, 0.25) is 5.96 Å². The number of aromatic amines is 2. The summed E-state index contributed by atoms with van der Waals surface area (Å²) in [4.78, 5) is 6.26. The minimum Gasteiger partial charge on any atom is -0.360 e. The Morgan fingerprint density at radius 1 is 0.656 bits per heavy atom. The van der Waals surface area contributed by atoms with Gasteiger partial charge in [-0.05, 0) is 48.5 Å². The van der Waals surface area contributed by atoms with Crippen LogP contribution < -0.4 is 10.9 Å². The van der Waals surface area contributed by atoms with Gasteiger partial charge in [0, 0.05) is 33.6 Å². The van der Waals surface area contributed by atoms with Gasteiger partial charge in [-0.15, -0.1) is 0 Å². The standard InChI is InChI=1S/C23H19Cl2N7/c24-17-9-5-15(6-10-17)21(19-3-1-13-27-19)29-31-23(26)32-30-22(20-4-2-14-28-20)16-7-11-18(25)12-8-16/h1-14,27-28H,(H3,26,31,32). The lowest BCUT2D eigenvalue weighted by molar-refractivity contribution is 0.885. The number of hydrazone groups is 2. The normalized spacial score (nSPS) is 11.9. The lowest BCUT2D eigenvalue weighted by Crippen LogP contribution is -2.31. The third-order valence-corrected chi connectivity index (χ3v) is 5.00. The molecule has 0 amide bonds. The lowest BCUT2D eigenvalue weighted by Gasteiger charge is -2.09. The highest BCUT2D eigenvalue weighted by Gasteiger charge is 2.10. The van der Waals surface area contributed by atoms with E-state index in [1.54, 1.807) is 24.3 Å². The molecule has 32 heavy (non-hydrogen) atoms. The molecule has 0 unspecified atom stereocenters. The minimum absolute atomic E-state index is 0.0963. The monoisotopic (exact) mass is 463 g/mol. The van der Waals surface area contributed by atoms with E-state index < -0.39 is 0 Å². The number of hydrogen-bond acceptors (Lipinski definition) is 3. The van der Waals surface area contributed by atoms with Crippen LogP contribution in [0.3, 0.4) is 0 Å². The first-order valence-electron chi connectivity index (χ1n) is 9.65. The Labute approximate surface area is 194 Å². The Morgan fingerprint density at radius 2 is 1.06 bits per heavy atom. The summed E-state index contributed by atoms with van der Waals surface area (Å²) in [5.41, 5.74) is 9.96. The molecule has 160 valence electrons. The molecule has 2 heterocycles. The fourth-order valence-corrected chi connectivity index (χ4v) is 3.23.